The SMILES string of the molecule is Cc1cccc(NC(N)=NC2CC(c3ccccc3)C2)c1.I. The highest BCUT2D eigenvalue weighted by Crippen LogP contribution is 2.38. The van der Waals surface area contributed by atoms with Gasteiger partial charge >= 0.3 is 0 Å². The molecule has 0 spiro atoms. The second-order valence-electron chi connectivity index (χ2n) is 5.74. The number of anilines is 1. The van der Waals surface area contributed by atoms with Gasteiger partial charge in [0.25, 0.3) is 0 Å². The van der Waals surface area contributed by atoms with Crippen LogP contribution in [0.15, 0.2) is 59.6 Å². The largest absolute Gasteiger partial charge is 0.370 e. The van der Waals surface area contributed by atoms with Gasteiger partial charge in [-0.15, -0.1) is 24.0 Å². The van der Waals surface area contributed by atoms with Crippen molar-refractivity contribution in [1.82, 2.24) is 0 Å². The van der Waals surface area contributed by atoms with E-state index in [-0.39, 0.29) is 24.0 Å². The lowest BCUT2D eigenvalue weighted by molar-refractivity contribution is 0.353. The standard InChI is InChI=1S/C18H21N3.HI/c1-13-6-5-9-16(10-13)20-18(19)21-17-11-15(12-17)14-7-3-2-4-8-14;/h2-10,15,17H,11-12H2,1H3,(H3,19,20,21);1H. The minimum Gasteiger partial charge on any atom is -0.370 e. The monoisotopic (exact) mass is 407 g/mol. The van der Waals surface area contributed by atoms with Gasteiger partial charge in [0.2, 0.25) is 0 Å². The fraction of sp³-hybridized carbons (Fsp3) is 0.278. The normalized spacial score (nSPS) is 20.7. The molecule has 1 aliphatic rings. The van der Waals surface area contributed by atoms with Gasteiger partial charge in [0, 0.05) is 5.69 Å². The topological polar surface area (TPSA) is 50.4 Å². The van der Waals surface area contributed by atoms with E-state index < -0.39 is 0 Å². The number of benzene rings is 2. The molecule has 4 heteroatoms. The molecule has 1 aliphatic carbocycles. The zero-order valence-corrected chi connectivity index (χ0v) is 15.0. The van der Waals surface area contributed by atoms with E-state index in [1.165, 1.54) is 11.1 Å². The molecule has 0 atom stereocenters. The van der Waals surface area contributed by atoms with Crippen LogP contribution in [0.5, 0.6) is 0 Å². The molecule has 1 saturated carbocycles. The molecular weight excluding hydrogens is 385 g/mol. The number of aryl methyl sites for hydroxylation is 1. The van der Waals surface area contributed by atoms with Crippen LogP contribution < -0.4 is 11.1 Å². The Labute approximate surface area is 149 Å². The predicted octanol–water partition coefficient (Wildman–Crippen LogP) is 4.29. The lowest BCUT2D eigenvalue weighted by atomic mass is 9.76. The van der Waals surface area contributed by atoms with E-state index in [2.05, 4.69) is 59.7 Å². The summed E-state index contributed by atoms with van der Waals surface area (Å²) in [6.07, 6.45) is 2.17. The molecule has 0 amide bonds. The molecule has 0 heterocycles. The Balaban J connectivity index is 0.00000176. The van der Waals surface area contributed by atoms with Crippen LogP contribution in [0.4, 0.5) is 5.69 Å². The summed E-state index contributed by atoms with van der Waals surface area (Å²) < 4.78 is 0. The summed E-state index contributed by atoms with van der Waals surface area (Å²) in [5, 5.41) is 3.16. The quantitative estimate of drug-likeness (QED) is 0.453. The number of halogens is 1. The summed E-state index contributed by atoms with van der Waals surface area (Å²) in [6.45, 7) is 2.06. The second kappa shape index (κ2) is 7.63. The molecule has 0 saturated heterocycles. The third-order valence-electron chi connectivity index (χ3n) is 4.00. The summed E-state index contributed by atoms with van der Waals surface area (Å²) in [5.41, 5.74) is 9.60. The van der Waals surface area contributed by atoms with Crippen molar-refractivity contribution >= 4 is 35.6 Å². The Morgan fingerprint density at radius 1 is 1.09 bits per heavy atom. The lowest BCUT2D eigenvalue weighted by Crippen LogP contribution is -2.31. The van der Waals surface area contributed by atoms with Gasteiger partial charge in [0.15, 0.2) is 5.96 Å². The van der Waals surface area contributed by atoms with Crippen LogP contribution in [-0.4, -0.2) is 12.0 Å². The van der Waals surface area contributed by atoms with Crippen LogP contribution in [0.25, 0.3) is 0 Å². The van der Waals surface area contributed by atoms with E-state index in [4.69, 9.17) is 5.73 Å². The fourth-order valence-electron chi connectivity index (χ4n) is 2.79. The summed E-state index contributed by atoms with van der Waals surface area (Å²) >= 11 is 0. The fourth-order valence-corrected chi connectivity index (χ4v) is 2.79. The Morgan fingerprint density at radius 2 is 1.82 bits per heavy atom. The van der Waals surface area contributed by atoms with Crippen LogP contribution in [0.1, 0.15) is 29.9 Å². The van der Waals surface area contributed by atoms with E-state index in [0.717, 1.165) is 18.5 Å². The lowest BCUT2D eigenvalue weighted by Gasteiger charge is -2.33. The summed E-state index contributed by atoms with van der Waals surface area (Å²) in [5.74, 6) is 1.14. The van der Waals surface area contributed by atoms with Crippen LogP contribution in [-0.2, 0) is 0 Å². The van der Waals surface area contributed by atoms with E-state index in [9.17, 15) is 0 Å². The predicted molar refractivity (Wildman–Crippen MR) is 104 cm³/mol. The Kier molecular flexibility index (Phi) is 5.83. The van der Waals surface area contributed by atoms with Crippen LogP contribution >= 0.6 is 24.0 Å². The second-order valence-corrected chi connectivity index (χ2v) is 5.74. The first-order chi connectivity index (χ1) is 10.2. The number of rotatable bonds is 3. The number of guanidine groups is 1. The zero-order valence-electron chi connectivity index (χ0n) is 12.7. The zero-order chi connectivity index (χ0) is 14.7. The van der Waals surface area contributed by atoms with Gasteiger partial charge in [-0.3, -0.25) is 0 Å². The summed E-state index contributed by atoms with van der Waals surface area (Å²) in [4.78, 5) is 4.57. The van der Waals surface area contributed by atoms with Gasteiger partial charge in [0.1, 0.15) is 0 Å². The minimum absolute atomic E-state index is 0. The van der Waals surface area contributed by atoms with Gasteiger partial charge in [-0.2, -0.15) is 0 Å². The number of nitrogens with one attached hydrogen (secondary N) is 1. The molecule has 3 rings (SSSR count). The van der Waals surface area contributed by atoms with Gasteiger partial charge in [-0.05, 0) is 48.9 Å². The molecule has 0 radical (unpaired) electrons. The molecule has 3 nitrogen and oxygen atoms in total. The smallest absolute Gasteiger partial charge is 0.193 e. The first-order valence-electron chi connectivity index (χ1n) is 7.42. The Morgan fingerprint density at radius 3 is 2.50 bits per heavy atom. The average Bonchev–Trinajstić information content (AvgIpc) is 2.43. The van der Waals surface area contributed by atoms with E-state index in [1.54, 1.807) is 0 Å². The van der Waals surface area contributed by atoms with E-state index in [1.807, 2.05) is 12.1 Å². The maximum atomic E-state index is 5.99. The number of nitrogens with zero attached hydrogens (tertiary/aromatic N) is 1. The maximum Gasteiger partial charge on any atom is 0.193 e. The molecule has 22 heavy (non-hydrogen) atoms. The van der Waals surface area contributed by atoms with Gasteiger partial charge in [-0.25, -0.2) is 4.99 Å². The van der Waals surface area contributed by atoms with Crippen LogP contribution in [0, 0.1) is 6.92 Å². The number of nitrogens with two attached hydrogens (primary N) is 1. The van der Waals surface area contributed by atoms with E-state index >= 15 is 0 Å². The van der Waals surface area contributed by atoms with Gasteiger partial charge < -0.3 is 11.1 Å². The molecule has 0 bridgehead atoms. The highest BCUT2D eigenvalue weighted by molar-refractivity contribution is 14.0. The number of aliphatic imine (C=N–C) groups is 1. The van der Waals surface area contributed by atoms with Crippen molar-refractivity contribution in [2.24, 2.45) is 10.7 Å². The average molecular weight is 407 g/mol. The molecule has 2 aromatic carbocycles. The Hall–Kier alpha value is -1.56. The molecule has 1 fully saturated rings. The number of hydrogen-bond acceptors (Lipinski definition) is 1. The third kappa shape index (κ3) is 4.22. The molecule has 3 N–H and O–H groups in total. The van der Waals surface area contributed by atoms with Crippen LogP contribution in [0.2, 0.25) is 0 Å². The minimum atomic E-state index is 0. The first kappa shape index (κ1) is 16.8. The molecule has 0 aliphatic heterocycles. The van der Waals surface area contributed by atoms with Crippen molar-refractivity contribution in [1.29, 1.82) is 0 Å². The maximum absolute atomic E-state index is 5.99. The number of hydrogen-bond donors (Lipinski definition) is 2. The van der Waals surface area contributed by atoms with Crippen molar-refractivity contribution < 1.29 is 0 Å². The molecule has 0 unspecified atom stereocenters. The molecule has 0 aromatic heterocycles. The highest BCUT2D eigenvalue weighted by atomic mass is 127. The highest BCUT2D eigenvalue weighted by Gasteiger charge is 2.29. The summed E-state index contributed by atoms with van der Waals surface area (Å²) in [7, 11) is 0. The Bertz CT molecular complexity index is 634. The van der Waals surface area contributed by atoms with Crippen molar-refractivity contribution in [2.75, 3.05) is 5.32 Å². The van der Waals surface area contributed by atoms with Crippen LogP contribution in [0.3, 0.4) is 0 Å². The first-order valence-corrected chi connectivity index (χ1v) is 7.42. The third-order valence-corrected chi connectivity index (χ3v) is 4.00. The van der Waals surface area contributed by atoms with Gasteiger partial charge in [-0.1, -0.05) is 42.5 Å². The van der Waals surface area contributed by atoms with Crippen molar-refractivity contribution in [3.8, 4) is 0 Å². The molecule has 116 valence electrons. The molecule has 2 aromatic rings. The van der Waals surface area contributed by atoms with E-state index in [0.29, 0.717) is 17.9 Å². The van der Waals surface area contributed by atoms with Crippen molar-refractivity contribution in [3.05, 3.63) is 65.7 Å². The summed E-state index contributed by atoms with van der Waals surface area (Å²) in [6, 6.07) is 19.1. The van der Waals surface area contributed by atoms with Gasteiger partial charge in [0.05, 0.1) is 6.04 Å². The van der Waals surface area contributed by atoms with Crippen molar-refractivity contribution in [3.63, 3.8) is 0 Å². The van der Waals surface area contributed by atoms with Crippen molar-refractivity contribution in [2.45, 2.75) is 31.7 Å². The molecular formula is C18H22IN3.